The van der Waals surface area contributed by atoms with Crippen LogP contribution in [0.3, 0.4) is 0 Å². The molecule has 0 bridgehead atoms. The van der Waals surface area contributed by atoms with Crippen molar-refractivity contribution in [2.75, 3.05) is 6.54 Å². The third kappa shape index (κ3) is 5.04. The number of hydrazine groups is 1. The van der Waals surface area contributed by atoms with Crippen LogP contribution < -0.4 is 16.6 Å². The maximum absolute atomic E-state index is 10.5. The normalized spacial score (nSPS) is 8.90. The van der Waals surface area contributed by atoms with Gasteiger partial charge in [0.15, 0.2) is 0 Å². The molecule has 0 saturated carbocycles. The van der Waals surface area contributed by atoms with Gasteiger partial charge in [-0.1, -0.05) is 6.92 Å². The summed E-state index contributed by atoms with van der Waals surface area (Å²) < 4.78 is 0. The minimum absolute atomic E-state index is 0.271. The summed E-state index contributed by atoms with van der Waals surface area (Å²) in [6.45, 7) is 2.44. The number of nitrogens with one attached hydrogen (secondary N) is 2. The van der Waals surface area contributed by atoms with Gasteiger partial charge in [0, 0.05) is 6.54 Å². The fourth-order valence-electron chi connectivity index (χ4n) is 0.389. The summed E-state index contributed by atoms with van der Waals surface area (Å²) in [5.74, 6) is -1.04. The van der Waals surface area contributed by atoms with Gasteiger partial charge in [0.1, 0.15) is 6.42 Å². The zero-order chi connectivity index (χ0) is 7.98. The zero-order valence-electron chi connectivity index (χ0n) is 5.81. The predicted octanol–water partition coefficient (Wildman–Crippen LogP) is -1.50. The summed E-state index contributed by atoms with van der Waals surface area (Å²) in [7, 11) is 0. The van der Waals surface area contributed by atoms with Crippen molar-refractivity contribution < 1.29 is 9.59 Å². The predicted molar refractivity (Wildman–Crippen MR) is 35.6 cm³/mol. The van der Waals surface area contributed by atoms with Crippen LogP contribution >= 0.6 is 0 Å². The van der Waals surface area contributed by atoms with Gasteiger partial charge < -0.3 is 5.73 Å². The van der Waals surface area contributed by atoms with Crippen LogP contribution in [0.1, 0.15) is 13.3 Å². The first kappa shape index (κ1) is 8.90. The Morgan fingerprint density at radius 2 is 2.10 bits per heavy atom. The van der Waals surface area contributed by atoms with Crippen molar-refractivity contribution in [2.24, 2.45) is 5.73 Å². The van der Waals surface area contributed by atoms with Gasteiger partial charge in [-0.15, -0.1) is 0 Å². The first-order chi connectivity index (χ1) is 4.66. The number of carbonyl (C=O) groups is 2. The molecule has 0 fully saturated rings. The van der Waals surface area contributed by atoms with E-state index in [1.165, 1.54) is 0 Å². The quantitative estimate of drug-likeness (QED) is 0.332. The monoisotopic (exact) mass is 145 g/mol. The minimum atomic E-state index is -0.629. The second-order valence-corrected chi connectivity index (χ2v) is 1.72. The van der Waals surface area contributed by atoms with Crippen LogP contribution in [0.15, 0.2) is 0 Å². The van der Waals surface area contributed by atoms with Crippen molar-refractivity contribution in [3.8, 4) is 0 Å². The Hall–Kier alpha value is -1.10. The summed E-state index contributed by atoms with van der Waals surface area (Å²) in [4.78, 5) is 20.6. The zero-order valence-corrected chi connectivity index (χ0v) is 5.81. The van der Waals surface area contributed by atoms with E-state index in [1.807, 2.05) is 6.92 Å². The van der Waals surface area contributed by atoms with Crippen molar-refractivity contribution >= 4 is 11.8 Å². The van der Waals surface area contributed by atoms with Gasteiger partial charge in [-0.3, -0.25) is 15.0 Å². The fraction of sp³-hybridized carbons (Fsp3) is 0.600. The van der Waals surface area contributed by atoms with E-state index >= 15 is 0 Å². The lowest BCUT2D eigenvalue weighted by Crippen LogP contribution is -2.38. The van der Waals surface area contributed by atoms with Gasteiger partial charge in [0.2, 0.25) is 11.8 Å². The fourth-order valence-corrected chi connectivity index (χ4v) is 0.389. The number of carbonyl (C=O) groups excluding carboxylic acids is 2. The molecule has 0 spiro atoms. The van der Waals surface area contributed by atoms with Crippen LogP contribution in [-0.2, 0) is 9.59 Å². The van der Waals surface area contributed by atoms with Crippen LogP contribution in [0.2, 0.25) is 0 Å². The van der Waals surface area contributed by atoms with Gasteiger partial charge in [0.25, 0.3) is 0 Å². The molecular weight excluding hydrogens is 134 g/mol. The van der Waals surface area contributed by atoms with E-state index in [0.717, 1.165) is 0 Å². The summed E-state index contributed by atoms with van der Waals surface area (Å²) in [6.07, 6.45) is -0.271. The van der Waals surface area contributed by atoms with Crippen molar-refractivity contribution in [2.45, 2.75) is 13.3 Å². The number of rotatable bonds is 4. The number of hydrogen-bond donors (Lipinski definition) is 3. The molecule has 0 atom stereocenters. The van der Waals surface area contributed by atoms with Crippen LogP contribution in [0.25, 0.3) is 0 Å². The average molecular weight is 145 g/mol. The lowest BCUT2D eigenvalue weighted by atomic mass is 10.4. The number of amides is 2. The molecule has 0 aliphatic heterocycles. The Kier molecular flexibility index (Phi) is 4.23. The van der Waals surface area contributed by atoms with Crippen molar-refractivity contribution in [3.05, 3.63) is 0 Å². The molecule has 5 heteroatoms. The Bertz CT molecular complexity index is 135. The molecule has 0 unspecified atom stereocenters. The SMILES string of the molecule is CCNNC(=O)CC(N)=O. The van der Waals surface area contributed by atoms with Crippen molar-refractivity contribution in [1.29, 1.82) is 0 Å². The summed E-state index contributed by atoms with van der Waals surface area (Å²) >= 11 is 0. The van der Waals surface area contributed by atoms with E-state index in [9.17, 15) is 9.59 Å². The third-order valence-electron chi connectivity index (χ3n) is 0.739. The maximum atomic E-state index is 10.5. The van der Waals surface area contributed by atoms with Gasteiger partial charge >= 0.3 is 0 Å². The van der Waals surface area contributed by atoms with Crippen molar-refractivity contribution in [3.63, 3.8) is 0 Å². The third-order valence-corrected chi connectivity index (χ3v) is 0.739. The highest BCUT2D eigenvalue weighted by Gasteiger charge is 2.02. The first-order valence-electron chi connectivity index (χ1n) is 2.96. The molecule has 5 nitrogen and oxygen atoms in total. The molecule has 58 valence electrons. The largest absolute Gasteiger partial charge is 0.369 e. The Labute approximate surface area is 58.9 Å². The Balaban J connectivity index is 3.35. The maximum Gasteiger partial charge on any atom is 0.243 e. The molecule has 0 saturated heterocycles. The van der Waals surface area contributed by atoms with Crippen LogP contribution in [-0.4, -0.2) is 18.4 Å². The molecule has 0 heterocycles. The van der Waals surface area contributed by atoms with E-state index < -0.39 is 11.8 Å². The topological polar surface area (TPSA) is 84.2 Å². The van der Waals surface area contributed by atoms with Crippen LogP contribution in [0.5, 0.6) is 0 Å². The minimum Gasteiger partial charge on any atom is -0.369 e. The molecule has 0 aromatic carbocycles. The lowest BCUT2D eigenvalue weighted by Gasteiger charge is -2.01. The summed E-state index contributed by atoms with van der Waals surface area (Å²) in [5.41, 5.74) is 9.56. The molecule has 0 aliphatic carbocycles. The number of hydrogen-bond acceptors (Lipinski definition) is 3. The highest BCUT2D eigenvalue weighted by Crippen LogP contribution is 1.72. The molecule has 0 rings (SSSR count). The van der Waals surface area contributed by atoms with E-state index in [-0.39, 0.29) is 6.42 Å². The highest BCUT2D eigenvalue weighted by molar-refractivity contribution is 5.95. The molecule has 4 N–H and O–H groups in total. The van der Waals surface area contributed by atoms with Gasteiger partial charge in [-0.25, -0.2) is 5.43 Å². The Morgan fingerprint density at radius 3 is 2.50 bits per heavy atom. The Morgan fingerprint density at radius 1 is 1.50 bits per heavy atom. The van der Waals surface area contributed by atoms with E-state index in [1.54, 1.807) is 0 Å². The van der Waals surface area contributed by atoms with E-state index in [4.69, 9.17) is 5.73 Å². The van der Waals surface area contributed by atoms with Gasteiger partial charge in [-0.05, 0) is 0 Å². The molecule has 2 amide bonds. The van der Waals surface area contributed by atoms with Gasteiger partial charge in [-0.2, -0.15) is 0 Å². The van der Waals surface area contributed by atoms with Crippen LogP contribution in [0, 0.1) is 0 Å². The summed E-state index contributed by atoms with van der Waals surface area (Å²) in [5, 5.41) is 0. The van der Waals surface area contributed by atoms with Crippen LogP contribution in [0.4, 0.5) is 0 Å². The lowest BCUT2D eigenvalue weighted by molar-refractivity contribution is -0.128. The molecular formula is C5H11N3O2. The van der Waals surface area contributed by atoms with E-state index in [0.29, 0.717) is 6.54 Å². The number of nitrogens with two attached hydrogens (primary N) is 1. The summed E-state index contributed by atoms with van der Waals surface area (Å²) in [6, 6.07) is 0. The average Bonchev–Trinajstić information content (AvgIpc) is 1.82. The molecule has 0 aromatic rings. The van der Waals surface area contributed by atoms with Gasteiger partial charge in [0.05, 0.1) is 0 Å². The highest BCUT2D eigenvalue weighted by atomic mass is 16.2. The number of primary amides is 1. The molecule has 0 aliphatic rings. The molecule has 10 heavy (non-hydrogen) atoms. The smallest absolute Gasteiger partial charge is 0.243 e. The van der Waals surface area contributed by atoms with Crippen molar-refractivity contribution in [1.82, 2.24) is 10.9 Å². The first-order valence-corrected chi connectivity index (χ1v) is 2.96. The molecule has 0 radical (unpaired) electrons. The molecule has 0 aromatic heterocycles. The van der Waals surface area contributed by atoms with E-state index in [2.05, 4.69) is 10.9 Å². The second-order valence-electron chi connectivity index (χ2n) is 1.72. The second kappa shape index (κ2) is 4.75. The standard InChI is InChI=1S/C5H11N3O2/c1-2-7-8-5(10)3-4(6)9/h7H,2-3H2,1H3,(H2,6,9)(H,8,10).